The maximum absolute atomic E-state index is 11.8. The number of carbonyl (C=O) groups excluding carboxylic acids is 1. The van der Waals surface area contributed by atoms with Crippen molar-refractivity contribution in [2.24, 2.45) is 0 Å². The van der Waals surface area contributed by atoms with Crippen molar-refractivity contribution in [3.63, 3.8) is 0 Å². The molecule has 0 radical (unpaired) electrons. The summed E-state index contributed by atoms with van der Waals surface area (Å²) in [5, 5.41) is 6.23. The lowest BCUT2D eigenvalue weighted by molar-refractivity contribution is -0.129. The molecule has 3 fully saturated rings. The summed E-state index contributed by atoms with van der Waals surface area (Å²) in [5.41, 5.74) is 0. The molecule has 0 aromatic rings. The molecular formula is C15H27N3O3. The molecule has 3 saturated heterocycles. The van der Waals surface area contributed by atoms with E-state index in [4.69, 9.17) is 9.47 Å². The predicted octanol–water partition coefficient (Wildman–Crippen LogP) is -0.266. The Kier molecular flexibility index (Phi) is 5.46. The molecule has 0 aromatic heterocycles. The van der Waals surface area contributed by atoms with Crippen LogP contribution in [0.3, 0.4) is 0 Å². The van der Waals surface area contributed by atoms with Gasteiger partial charge in [0.2, 0.25) is 5.91 Å². The van der Waals surface area contributed by atoms with Gasteiger partial charge in [-0.25, -0.2) is 0 Å². The minimum Gasteiger partial charge on any atom is -0.373 e. The molecule has 120 valence electrons. The van der Waals surface area contributed by atoms with Gasteiger partial charge in [-0.2, -0.15) is 0 Å². The maximum Gasteiger partial charge on any atom is 0.246 e. The smallest absolute Gasteiger partial charge is 0.246 e. The molecule has 6 heteroatoms. The molecule has 0 aromatic carbocycles. The van der Waals surface area contributed by atoms with Gasteiger partial charge in [-0.05, 0) is 45.3 Å². The highest BCUT2D eigenvalue weighted by Crippen LogP contribution is 2.22. The highest BCUT2D eigenvalue weighted by atomic mass is 16.5. The SMILES string of the molecule is O=C(COC1CCNCC1)NCC1CN2CCCC2CO1. The van der Waals surface area contributed by atoms with Crippen LogP contribution in [0.1, 0.15) is 25.7 Å². The van der Waals surface area contributed by atoms with Crippen LogP contribution in [0.15, 0.2) is 0 Å². The molecule has 3 aliphatic heterocycles. The third-order valence-electron chi connectivity index (χ3n) is 4.72. The molecule has 0 spiro atoms. The van der Waals surface area contributed by atoms with Crippen LogP contribution in [0.2, 0.25) is 0 Å². The molecule has 3 heterocycles. The highest BCUT2D eigenvalue weighted by molar-refractivity contribution is 5.77. The number of rotatable bonds is 5. The topological polar surface area (TPSA) is 62.8 Å². The third-order valence-corrected chi connectivity index (χ3v) is 4.72. The first-order valence-electron chi connectivity index (χ1n) is 8.26. The van der Waals surface area contributed by atoms with Gasteiger partial charge in [-0.15, -0.1) is 0 Å². The Morgan fingerprint density at radius 3 is 3.05 bits per heavy atom. The van der Waals surface area contributed by atoms with Crippen LogP contribution < -0.4 is 10.6 Å². The van der Waals surface area contributed by atoms with Crippen LogP contribution >= 0.6 is 0 Å². The van der Waals surface area contributed by atoms with E-state index in [9.17, 15) is 4.79 Å². The Morgan fingerprint density at radius 1 is 1.33 bits per heavy atom. The second kappa shape index (κ2) is 7.54. The van der Waals surface area contributed by atoms with E-state index in [2.05, 4.69) is 15.5 Å². The summed E-state index contributed by atoms with van der Waals surface area (Å²) in [7, 11) is 0. The Bertz CT molecular complexity index is 347. The summed E-state index contributed by atoms with van der Waals surface area (Å²) >= 11 is 0. The molecule has 0 bridgehead atoms. The minimum absolute atomic E-state index is 0.0271. The van der Waals surface area contributed by atoms with E-state index in [1.165, 1.54) is 19.4 Å². The number of nitrogens with zero attached hydrogens (tertiary/aromatic N) is 1. The molecule has 6 nitrogen and oxygen atoms in total. The van der Waals surface area contributed by atoms with E-state index >= 15 is 0 Å². The number of hydrogen-bond donors (Lipinski definition) is 2. The van der Waals surface area contributed by atoms with Gasteiger partial charge in [0, 0.05) is 19.1 Å². The number of amides is 1. The van der Waals surface area contributed by atoms with Crippen LogP contribution in [-0.4, -0.2) is 75.0 Å². The van der Waals surface area contributed by atoms with E-state index < -0.39 is 0 Å². The Balaban J connectivity index is 1.30. The number of nitrogens with one attached hydrogen (secondary N) is 2. The monoisotopic (exact) mass is 297 g/mol. The number of ether oxygens (including phenoxy) is 2. The van der Waals surface area contributed by atoms with E-state index in [0.717, 1.165) is 39.1 Å². The molecule has 2 unspecified atom stereocenters. The van der Waals surface area contributed by atoms with E-state index in [1.807, 2.05) is 0 Å². The average Bonchev–Trinajstić information content (AvgIpc) is 2.99. The number of hydrogen-bond acceptors (Lipinski definition) is 5. The van der Waals surface area contributed by atoms with Gasteiger partial charge in [-0.3, -0.25) is 9.69 Å². The summed E-state index contributed by atoms with van der Waals surface area (Å²) in [6, 6.07) is 0.611. The number of fused-ring (bicyclic) bond motifs is 1. The standard InChI is InChI=1S/C15H27N3O3/c19-15(11-21-13-3-5-16-6-4-13)17-8-14-9-18-7-1-2-12(18)10-20-14/h12-14,16H,1-11H2,(H,17,19). The second-order valence-corrected chi connectivity index (χ2v) is 6.31. The van der Waals surface area contributed by atoms with E-state index in [1.54, 1.807) is 0 Å². The van der Waals surface area contributed by atoms with Gasteiger partial charge in [0.05, 0.1) is 18.8 Å². The first kappa shape index (κ1) is 15.2. The largest absolute Gasteiger partial charge is 0.373 e. The summed E-state index contributed by atoms with van der Waals surface area (Å²) in [4.78, 5) is 14.3. The van der Waals surface area contributed by atoms with Gasteiger partial charge in [-0.1, -0.05) is 0 Å². The summed E-state index contributed by atoms with van der Waals surface area (Å²) in [5.74, 6) is -0.0271. The van der Waals surface area contributed by atoms with Crippen molar-refractivity contribution in [1.82, 2.24) is 15.5 Å². The van der Waals surface area contributed by atoms with Gasteiger partial charge >= 0.3 is 0 Å². The molecule has 3 aliphatic rings. The summed E-state index contributed by atoms with van der Waals surface area (Å²) in [6.45, 7) is 5.67. The van der Waals surface area contributed by atoms with Gasteiger partial charge in [0.25, 0.3) is 0 Å². The lowest BCUT2D eigenvalue weighted by atomic mass is 10.1. The van der Waals surface area contributed by atoms with Crippen LogP contribution in [0.5, 0.6) is 0 Å². The Morgan fingerprint density at radius 2 is 2.19 bits per heavy atom. The highest BCUT2D eigenvalue weighted by Gasteiger charge is 2.32. The van der Waals surface area contributed by atoms with Crippen LogP contribution in [0, 0.1) is 0 Å². The lowest BCUT2D eigenvalue weighted by Crippen LogP contribution is -2.50. The van der Waals surface area contributed by atoms with Gasteiger partial charge in [0.15, 0.2) is 0 Å². The average molecular weight is 297 g/mol. The fourth-order valence-electron chi connectivity index (χ4n) is 3.44. The van der Waals surface area contributed by atoms with Gasteiger partial charge in [0.1, 0.15) is 6.61 Å². The van der Waals surface area contributed by atoms with Crippen molar-refractivity contribution < 1.29 is 14.3 Å². The number of piperidine rings is 1. The van der Waals surface area contributed by atoms with Crippen LogP contribution in [0.25, 0.3) is 0 Å². The molecule has 1 amide bonds. The van der Waals surface area contributed by atoms with Crippen molar-refractivity contribution in [2.45, 2.75) is 43.9 Å². The van der Waals surface area contributed by atoms with Crippen molar-refractivity contribution in [3.05, 3.63) is 0 Å². The summed E-state index contributed by atoms with van der Waals surface area (Å²) < 4.78 is 11.5. The quantitative estimate of drug-likeness (QED) is 0.732. The molecule has 0 aliphatic carbocycles. The number of morpholine rings is 1. The fraction of sp³-hybridized carbons (Fsp3) is 0.933. The van der Waals surface area contributed by atoms with Crippen LogP contribution in [0.4, 0.5) is 0 Å². The maximum atomic E-state index is 11.8. The van der Waals surface area contributed by atoms with Crippen molar-refractivity contribution in [2.75, 3.05) is 45.9 Å². The fourth-order valence-corrected chi connectivity index (χ4v) is 3.44. The normalized spacial score (nSPS) is 31.0. The Hall–Kier alpha value is -0.690. The second-order valence-electron chi connectivity index (χ2n) is 6.31. The molecule has 0 saturated carbocycles. The Labute approximate surface area is 126 Å². The zero-order valence-electron chi connectivity index (χ0n) is 12.7. The van der Waals surface area contributed by atoms with Crippen molar-refractivity contribution in [3.8, 4) is 0 Å². The van der Waals surface area contributed by atoms with Gasteiger partial charge < -0.3 is 20.1 Å². The third kappa shape index (κ3) is 4.39. The molecular weight excluding hydrogens is 270 g/mol. The van der Waals surface area contributed by atoms with E-state index in [0.29, 0.717) is 12.6 Å². The molecule has 21 heavy (non-hydrogen) atoms. The van der Waals surface area contributed by atoms with Crippen molar-refractivity contribution >= 4 is 5.91 Å². The molecule has 3 rings (SSSR count). The molecule has 2 N–H and O–H groups in total. The van der Waals surface area contributed by atoms with Crippen molar-refractivity contribution in [1.29, 1.82) is 0 Å². The molecule has 2 atom stereocenters. The number of carbonyl (C=O) groups is 1. The lowest BCUT2D eigenvalue weighted by Gasteiger charge is -2.35. The zero-order valence-corrected chi connectivity index (χ0v) is 12.7. The summed E-state index contributed by atoms with van der Waals surface area (Å²) in [6.07, 6.45) is 4.88. The zero-order chi connectivity index (χ0) is 14.5. The predicted molar refractivity (Wildman–Crippen MR) is 79.2 cm³/mol. The minimum atomic E-state index is -0.0271. The first-order chi connectivity index (χ1) is 10.3. The first-order valence-corrected chi connectivity index (χ1v) is 8.26. The van der Waals surface area contributed by atoms with E-state index in [-0.39, 0.29) is 24.7 Å². The van der Waals surface area contributed by atoms with Crippen LogP contribution in [-0.2, 0) is 14.3 Å².